The number of hydrogen-bond donors (Lipinski definition) is 1. The zero-order chi connectivity index (χ0) is 19.6. The van der Waals surface area contributed by atoms with Crippen LogP contribution in [0.3, 0.4) is 0 Å². The number of carbonyl (C=O) groups excluding carboxylic acids is 1. The van der Waals surface area contributed by atoms with Crippen molar-refractivity contribution in [3.8, 4) is 11.8 Å². The van der Waals surface area contributed by atoms with Crippen LogP contribution in [0.1, 0.15) is 37.7 Å². The number of hydrogen-bond acceptors (Lipinski definition) is 3. The minimum atomic E-state index is -1.06. The van der Waals surface area contributed by atoms with Gasteiger partial charge in [0.2, 0.25) is 0 Å². The van der Waals surface area contributed by atoms with Crippen molar-refractivity contribution < 1.29 is 14.6 Å². The van der Waals surface area contributed by atoms with E-state index in [0.29, 0.717) is 37.7 Å². The van der Waals surface area contributed by atoms with Gasteiger partial charge in [-0.15, -0.1) is 0 Å². The number of nitrogens with zero attached hydrogens (tertiary/aromatic N) is 2. The number of morpholine rings is 1. The van der Waals surface area contributed by atoms with Crippen LogP contribution in [0.25, 0.3) is 0 Å². The SMILES string of the molecule is O=C(N1CCOCC1)N1CCCC2C1CCCC2(O)C#Cc1cccc(Cl)c1. The maximum atomic E-state index is 13.1. The fraction of sp³-hybridized carbons (Fsp3) is 0.591. The average Bonchev–Trinajstić information content (AvgIpc) is 2.73. The average molecular weight is 403 g/mol. The second-order valence-corrected chi connectivity index (χ2v) is 8.40. The predicted molar refractivity (Wildman–Crippen MR) is 108 cm³/mol. The smallest absolute Gasteiger partial charge is 0.320 e. The number of urea groups is 1. The van der Waals surface area contributed by atoms with Crippen LogP contribution in [-0.4, -0.2) is 65.4 Å². The molecule has 6 heteroatoms. The summed E-state index contributed by atoms with van der Waals surface area (Å²) in [5.41, 5.74) is -0.255. The summed E-state index contributed by atoms with van der Waals surface area (Å²) in [7, 11) is 0. The Morgan fingerprint density at radius 1 is 1.21 bits per heavy atom. The van der Waals surface area contributed by atoms with Gasteiger partial charge in [0.25, 0.3) is 0 Å². The fourth-order valence-electron chi connectivity index (χ4n) is 4.81. The number of halogens is 1. The summed E-state index contributed by atoms with van der Waals surface area (Å²) in [6.07, 6.45) is 4.26. The molecule has 2 saturated heterocycles. The number of aliphatic hydroxyl groups is 1. The lowest BCUT2D eigenvalue weighted by Gasteiger charge is -2.50. The second-order valence-electron chi connectivity index (χ2n) is 7.97. The summed E-state index contributed by atoms with van der Waals surface area (Å²) in [5, 5.41) is 12.1. The Morgan fingerprint density at radius 3 is 2.82 bits per heavy atom. The first kappa shape index (κ1) is 19.6. The Balaban J connectivity index is 1.54. The molecular weight excluding hydrogens is 376 g/mol. The molecule has 1 aliphatic carbocycles. The van der Waals surface area contributed by atoms with Crippen LogP contribution in [0.2, 0.25) is 5.02 Å². The zero-order valence-electron chi connectivity index (χ0n) is 16.1. The van der Waals surface area contributed by atoms with Crippen molar-refractivity contribution in [1.29, 1.82) is 0 Å². The van der Waals surface area contributed by atoms with Crippen LogP contribution < -0.4 is 0 Å². The van der Waals surface area contributed by atoms with Gasteiger partial charge in [-0.25, -0.2) is 4.79 Å². The first-order chi connectivity index (χ1) is 13.6. The molecule has 1 aromatic carbocycles. The van der Waals surface area contributed by atoms with Gasteiger partial charge in [0.15, 0.2) is 0 Å². The molecule has 28 heavy (non-hydrogen) atoms. The number of amides is 2. The summed E-state index contributed by atoms with van der Waals surface area (Å²) >= 11 is 6.05. The lowest BCUT2D eigenvalue weighted by Crippen LogP contribution is -2.61. The lowest BCUT2D eigenvalue weighted by molar-refractivity contribution is -0.0619. The normalized spacial score (nSPS) is 30.2. The molecule has 2 heterocycles. The maximum Gasteiger partial charge on any atom is 0.320 e. The van der Waals surface area contributed by atoms with Crippen molar-refractivity contribution in [2.24, 2.45) is 5.92 Å². The quantitative estimate of drug-likeness (QED) is 0.678. The molecule has 1 saturated carbocycles. The number of likely N-dealkylation sites (tertiary alicyclic amines) is 1. The molecule has 2 aliphatic heterocycles. The standard InChI is InChI=1S/C22H27ClN2O3/c23-18-5-1-4-17(16-18)8-10-22(27)9-2-7-20-19(22)6-3-11-25(20)21(26)24-12-14-28-15-13-24/h1,4-5,16,19-20,27H,2-3,6-7,9,11-15H2. The monoisotopic (exact) mass is 402 g/mol. The molecule has 0 aromatic heterocycles. The molecular formula is C22H27ClN2O3. The molecule has 3 aliphatic rings. The van der Waals surface area contributed by atoms with Gasteiger partial charge in [0.05, 0.1) is 13.2 Å². The fourth-order valence-corrected chi connectivity index (χ4v) is 5.00. The van der Waals surface area contributed by atoms with E-state index in [1.165, 1.54) is 0 Å². The minimum Gasteiger partial charge on any atom is -0.378 e. The third-order valence-electron chi connectivity index (χ3n) is 6.23. The van der Waals surface area contributed by atoms with Gasteiger partial charge < -0.3 is 19.6 Å². The molecule has 2 amide bonds. The van der Waals surface area contributed by atoms with E-state index < -0.39 is 5.60 Å². The van der Waals surface area contributed by atoms with E-state index in [1.54, 1.807) is 0 Å². The highest BCUT2D eigenvalue weighted by molar-refractivity contribution is 6.30. The van der Waals surface area contributed by atoms with Gasteiger partial charge in [-0.1, -0.05) is 29.5 Å². The van der Waals surface area contributed by atoms with Crippen LogP contribution in [0, 0.1) is 17.8 Å². The number of benzene rings is 1. The van der Waals surface area contributed by atoms with Crippen LogP contribution in [0.4, 0.5) is 4.79 Å². The molecule has 3 unspecified atom stereocenters. The Kier molecular flexibility index (Phi) is 5.82. The molecule has 1 N–H and O–H groups in total. The van der Waals surface area contributed by atoms with Crippen molar-refractivity contribution in [2.75, 3.05) is 32.8 Å². The molecule has 1 aromatic rings. The second kappa shape index (κ2) is 8.32. The van der Waals surface area contributed by atoms with Gasteiger partial charge in [0, 0.05) is 42.2 Å². The Labute approximate surface area is 171 Å². The van der Waals surface area contributed by atoms with Gasteiger partial charge in [-0.05, 0) is 50.3 Å². The van der Waals surface area contributed by atoms with Crippen molar-refractivity contribution in [2.45, 2.75) is 43.7 Å². The number of rotatable bonds is 0. The summed E-state index contributed by atoms with van der Waals surface area (Å²) in [4.78, 5) is 17.0. The van der Waals surface area contributed by atoms with E-state index in [2.05, 4.69) is 11.8 Å². The molecule has 3 fully saturated rings. The topological polar surface area (TPSA) is 53.0 Å². The van der Waals surface area contributed by atoms with E-state index in [4.69, 9.17) is 16.3 Å². The number of carbonyl (C=O) groups is 1. The van der Waals surface area contributed by atoms with E-state index in [1.807, 2.05) is 34.1 Å². The van der Waals surface area contributed by atoms with E-state index in [0.717, 1.165) is 37.8 Å². The molecule has 0 spiro atoms. The van der Waals surface area contributed by atoms with Crippen molar-refractivity contribution in [3.05, 3.63) is 34.9 Å². The van der Waals surface area contributed by atoms with E-state index >= 15 is 0 Å². The first-order valence-corrected chi connectivity index (χ1v) is 10.6. The molecule has 150 valence electrons. The molecule has 3 atom stereocenters. The highest BCUT2D eigenvalue weighted by atomic mass is 35.5. The van der Waals surface area contributed by atoms with Crippen LogP contribution >= 0.6 is 11.6 Å². The Bertz CT molecular complexity index is 783. The van der Waals surface area contributed by atoms with E-state index in [9.17, 15) is 9.90 Å². The van der Waals surface area contributed by atoms with Crippen molar-refractivity contribution in [3.63, 3.8) is 0 Å². The molecule has 0 radical (unpaired) electrons. The van der Waals surface area contributed by atoms with Crippen LogP contribution in [0.15, 0.2) is 24.3 Å². The Hall–Kier alpha value is -1.74. The van der Waals surface area contributed by atoms with Crippen molar-refractivity contribution in [1.82, 2.24) is 9.80 Å². The largest absolute Gasteiger partial charge is 0.378 e. The van der Waals surface area contributed by atoms with Gasteiger partial charge in [-0.3, -0.25) is 0 Å². The van der Waals surface area contributed by atoms with E-state index in [-0.39, 0.29) is 18.0 Å². The van der Waals surface area contributed by atoms with Crippen LogP contribution in [-0.2, 0) is 4.74 Å². The molecule has 4 rings (SSSR count). The summed E-state index contributed by atoms with van der Waals surface area (Å²) < 4.78 is 5.38. The lowest BCUT2D eigenvalue weighted by atomic mass is 9.68. The highest BCUT2D eigenvalue weighted by Crippen LogP contribution is 2.42. The minimum absolute atomic E-state index is 0.00771. The first-order valence-electron chi connectivity index (χ1n) is 10.2. The summed E-state index contributed by atoms with van der Waals surface area (Å²) in [6.45, 7) is 3.25. The number of piperidine rings is 1. The third kappa shape index (κ3) is 4.00. The van der Waals surface area contributed by atoms with Gasteiger partial charge in [-0.2, -0.15) is 0 Å². The van der Waals surface area contributed by atoms with Crippen molar-refractivity contribution >= 4 is 17.6 Å². The zero-order valence-corrected chi connectivity index (χ0v) is 16.8. The highest BCUT2D eigenvalue weighted by Gasteiger charge is 2.48. The number of fused-ring (bicyclic) bond motifs is 1. The summed E-state index contributed by atoms with van der Waals surface area (Å²) in [6, 6.07) is 7.53. The summed E-state index contributed by atoms with van der Waals surface area (Å²) in [5.74, 6) is 6.27. The predicted octanol–water partition coefficient (Wildman–Crippen LogP) is 3.14. The van der Waals surface area contributed by atoms with Gasteiger partial charge >= 0.3 is 6.03 Å². The third-order valence-corrected chi connectivity index (χ3v) is 6.46. The Morgan fingerprint density at radius 2 is 2.04 bits per heavy atom. The van der Waals surface area contributed by atoms with Gasteiger partial charge in [0.1, 0.15) is 5.60 Å². The number of ether oxygens (including phenoxy) is 1. The van der Waals surface area contributed by atoms with Crippen LogP contribution in [0.5, 0.6) is 0 Å². The molecule has 0 bridgehead atoms. The molecule has 5 nitrogen and oxygen atoms in total. The maximum absolute atomic E-state index is 13.1.